The van der Waals surface area contributed by atoms with Gasteiger partial charge >= 0.3 is 0 Å². The molecule has 6 nitrogen and oxygen atoms in total. The molecule has 0 rings (SSSR count). The lowest BCUT2D eigenvalue weighted by Gasteiger charge is -2.09. The minimum absolute atomic E-state index is 0.115. The van der Waals surface area contributed by atoms with E-state index in [2.05, 4.69) is 0 Å². The van der Waals surface area contributed by atoms with Crippen molar-refractivity contribution in [1.29, 1.82) is 0 Å². The molecule has 1 unspecified atom stereocenters. The summed E-state index contributed by atoms with van der Waals surface area (Å²) in [6.45, 7) is 9.87. The van der Waals surface area contributed by atoms with Crippen molar-refractivity contribution in [3.05, 3.63) is 0 Å². The zero-order valence-electron chi connectivity index (χ0n) is 19.0. The fraction of sp³-hybridized carbons (Fsp3) is 1.00. The largest absolute Gasteiger partial charge is 0.394 e. The Balaban J connectivity index is -0.000000351. The zero-order valence-corrected chi connectivity index (χ0v) is 20.8. The molecule has 0 fully saturated rings. The van der Waals surface area contributed by atoms with Crippen LogP contribution in [0.2, 0.25) is 0 Å². The molecule has 0 saturated heterocycles. The highest BCUT2D eigenvalue weighted by Gasteiger charge is 2.16. The lowest BCUT2D eigenvalue weighted by atomic mass is 10.3. The van der Waals surface area contributed by atoms with E-state index in [1.165, 1.54) is 0 Å². The number of aliphatic hydroxyl groups excluding tert-OH is 2. The monoisotopic (exact) mass is 446 g/mol. The molecule has 4 N–H and O–H groups in total. The van der Waals surface area contributed by atoms with Gasteiger partial charge in [0.2, 0.25) is 14.7 Å². The summed E-state index contributed by atoms with van der Waals surface area (Å²) in [4.78, 5) is 18.7. The van der Waals surface area contributed by atoms with Crippen LogP contribution in [0.25, 0.3) is 0 Å². The predicted octanol–water partition coefficient (Wildman–Crippen LogP) is 5.46. The van der Waals surface area contributed by atoms with E-state index < -0.39 is 20.8 Å². The number of hydrogen-bond acceptors (Lipinski definition) is 4. The van der Waals surface area contributed by atoms with Crippen LogP contribution in [0.1, 0.15) is 92.4 Å². The van der Waals surface area contributed by atoms with Crippen LogP contribution < -0.4 is 0 Å². The van der Waals surface area contributed by atoms with E-state index in [0.717, 1.165) is 51.4 Å². The molecule has 0 aromatic rings. The summed E-state index contributed by atoms with van der Waals surface area (Å²) >= 11 is 0. The molecular formula is C20H48O6P2. The summed E-state index contributed by atoms with van der Waals surface area (Å²) in [5.74, 6) is 0. The third-order valence-electron chi connectivity index (χ3n) is 4.13. The number of rotatable bonds is 14. The molecule has 0 bridgehead atoms. The molecule has 0 amide bonds. The predicted molar refractivity (Wildman–Crippen MR) is 122 cm³/mol. The van der Waals surface area contributed by atoms with Gasteiger partial charge in [0, 0.05) is 24.6 Å². The molecule has 0 aromatic heterocycles. The highest BCUT2D eigenvalue weighted by molar-refractivity contribution is 7.58. The van der Waals surface area contributed by atoms with Crippen LogP contribution in [0.15, 0.2) is 0 Å². The molecule has 174 valence electrons. The molecule has 0 spiro atoms. The molecule has 28 heavy (non-hydrogen) atoms. The van der Waals surface area contributed by atoms with Crippen molar-refractivity contribution in [3.63, 3.8) is 0 Å². The Labute approximate surface area is 174 Å². The van der Waals surface area contributed by atoms with E-state index in [4.69, 9.17) is 10.2 Å². The van der Waals surface area contributed by atoms with Crippen LogP contribution in [0.4, 0.5) is 0 Å². The summed E-state index contributed by atoms with van der Waals surface area (Å²) in [5.41, 5.74) is 0. The summed E-state index contributed by atoms with van der Waals surface area (Å²) < 4.78 is 22.6. The standard InChI is InChI=1S/2C8H19O2P.C4H10O2/c2*1-3-5-7-11(9,10)8-6-4-2;1-2-4(6)3-5/h2*3-8H2,1-2H3,(H,9,10);4-6H,2-3H2,1H3. The SMILES string of the molecule is CCC(O)CO.CCCCP(=O)(O)CCCC.CCCCP(=O)(O)CCCC. The van der Waals surface area contributed by atoms with Gasteiger partial charge in [0.05, 0.1) is 12.7 Å². The van der Waals surface area contributed by atoms with Crippen molar-refractivity contribution in [3.8, 4) is 0 Å². The van der Waals surface area contributed by atoms with Gasteiger partial charge in [-0.2, -0.15) is 0 Å². The minimum atomic E-state index is -2.73. The highest BCUT2D eigenvalue weighted by Crippen LogP contribution is 2.42. The molecule has 0 radical (unpaired) electrons. The van der Waals surface area contributed by atoms with Crippen molar-refractivity contribution in [2.24, 2.45) is 0 Å². The first-order valence-electron chi connectivity index (χ1n) is 11.0. The molecule has 0 aliphatic carbocycles. The Kier molecular flexibility index (Phi) is 25.9. The molecule has 0 aromatic carbocycles. The second-order valence-corrected chi connectivity index (χ2v) is 12.4. The Hall–Kier alpha value is 0.300. The Bertz CT molecular complexity index is 344. The van der Waals surface area contributed by atoms with Crippen LogP contribution in [-0.2, 0) is 9.13 Å². The van der Waals surface area contributed by atoms with E-state index in [1.54, 1.807) is 0 Å². The third kappa shape index (κ3) is 28.5. The molecule has 0 saturated carbocycles. The highest BCUT2D eigenvalue weighted by atomic mass is 31.2. The Morgan fingerprint density at radius 2 is 0.893 bits per heavy atom. The van der Waals surface area contributed by atoms with Gasteiger partial charge in [0.25, 0.3) is 0 Å². The smallest absolute Gasteiger partial charge is 0.200 e. The molecule has 0 heterocycles. The maximum Gasteiger partial charge on any atom is 0.200 e. The first kappa shape index (κ1) is 33.0. The van der Waals surface area contributed by atoms with Gasteiger partial charge in [0.15, 0.2) is 0 Å². The lowest BCUT2D eigenvalue weighted by Crippen LogP contribution is -2.08. The Morgan fingerprint density at radius 1 is 0.643 bits per heavy atom. The summed E-state index contributed by atoms with van der Waals surface area (Å²) in [7, 11) is -5.45. The first-order valence-corrected chi connectivity index (χ1v) is 15.0. The fourth-order valence-corrected chi connectivity index (χ4v) is 5.66. The van der Waals surface area contributed by atoms with Crippen molar-refractivity contribution < 1.29 is 29.1 Å². The number of aliphatic hydroxyl groups is 2. The normalized spacial score (nSPS) is 12.5. The third-order valence-corrected chi connectivity index (χ3v) is 8.19. The van der Waals surface area contributed by atoms with E-state index in [9.17, 15) is 18.9 Å². The maximum absolute atomic E-state index is 11.3. The average molecular weight is 447 g/mol. The van der Waals surface area contributed by atoms with Gasteiger partial charge in [-0.3, -0.25) is 9.13 Å². The zero-order chi connectivity index (χ0) is 22.5. The second-order valence-electron chi connectivity index (χ2n) is 7.25. The lowest BCUT2D eigenvalue weighted by molar-refractivity contribution is 0.0923. The van der Waals surface area contributed by atoms with Crippen LogP contribution in [0.5, 0.6) is 0 Å². The summed E-state index contributed by atoms with van der Waals surface area (Å²) in [6, 6.07) is 0. The quantitative estimate of drug-likeness (QED) is 0.263. The van der Waals surface area contributed by atoms with Gasteiger partial charge in [-0.25, -0.2) is 0 Å². The molecule has 0 aliphatic rings. The van der Waals surface area contributed by atoms with Gasteiger partial charge < -0.3 is 20.0 Å². The van der Waals surface area contributed by atoms with Crippen molar-refractivity contribution >= 4 is 14.7 Å². The molecule has 1 atom stereocenters. The van der Waals surface area contributed by atoms with Crippen molar-refractivity contribution in [2.75, 3.05) is 31.3 Å². The molecule has 8 heteroatoms. The van der Waals surface area contributed by atoms with Crippen LogP contribution >= 0.6 is 14.7 Å². The van der Waals surface area contributed by atoms with Crippen LogP contribution in [0.3, 0.4) is 0 Å². The fourth-order valence-electron chi connectivity index (χ4n) is 1.97. The van der Waals surface area contributed by atoms with Gasteiger partial charge in [0.1, 0.15) is 0 Å². The van der Waals surface area contributed by atoms with Gasteiger partial charge in [-0.05, 0) is 32.1 Å². The summed E-state index contributed by atoms with van der Waals surface area (Å²) in [6.07, 6.45) is 9.78. The van der Waals surface area contributed by atoms with Crippen molar-refractivity contribution in [2.45, 2.75) is 98.5 Å². The number of hydrogen-bond donors (Lipinski definition) is 4. The van der Waals surface area contributed by atoms with Crippen molar-refractivity contribution in [1.82, 2.24) is 0 Å². The van der Waals surface area contributed by atoms with E-state index in [0.29, 0.717) is 31.1 Å². The van der Waals surface area contributed by atoms with E-state index in [-0.39, 0.29) is 6.61 Å². The van der Waals surface area contributed by atoms with Crippen LogP contribution in [0, 0.1) is 0 Å². The number of unbranched alkanes of at least 4 members (excludes halogenated alkanes) is 4. The van der Waals surface area contributed by atoms with Crippen LogP contribution in [-0.4, -0.2) is 57.4 Å². The van der Waals surface area contributed by atoms with E-state index in [1.807, 2.05) is 34.6 Å². The topological polar surface area (TPSA) is 115 Å². The first-order chi connectivity index (χ1) is 13.1. The minimum Gasteiger partial charge on any atom is -0.394 e. The maximum atomic E-state index is 11.3. The molecule has 0 aliphatic heterocycles. The second kappa shape index (κ2) is 22.0. The average Bonchev–Trinajstić information content (AvgIpc) is 2.68. The van der Waals surface area contributed by atoms with Gasteiger partial charge in [-0.15, -0.1) is 0 Å². The van der Waals surface area contributed by atoms with E-state index >= 15 is 0 Å². The summed E-state index contributed by atoms with van der Waals surface area (Å²) in [5, 5.41) is 16.5. The molecular weight excluding hydrogens is 398 g/mol. The van der Waals surface area contributed by atoms with Gasteiger partial charge in [-0.1, -0.05) is 60.3 Å². The Morgan fingerprint density at radius 3 is 1.00 bits per heavy atom.